The predicted octanol–water partition coefficient (Wildman–Crippen LogP) is 0.0533. The summed E-state index contributed by atoms with van der Waals surface area (Å²) in [5.74, 6) is -0.504. The van der Waals surface area contributed by atoms with Crippen molar-refractivity contribution in [2.75, 3.05) is 31.1 Å². The summed E-state index contributed by atoms with van der Waals surface area (Å²) < 4.78 is 23.0. The van der Waals surface area contributed by atoms with Gasteiger partial charge in [-0.25, -0.2) is 8.42 Å². The zero-order valence-electron chi connectivity index (χ0n) is 10.3. The van der Waals surface area contributed by atoms with E-state index >= 15 is 0 Å². The third-order valence-corrected chi connectivity index (χ3v) is 4.30. The minimum Gasteiger partial charge on any atom is -0.339 e. The first-order chi connectivity index (χ1) is 7.44. The van der Waals surface area contributed by atoms with Crippen LogP contribution in [0, 0.1) is 0 Å². The molecule has 1 heterocycles. The second kappa shape index (κ2) is 7.18. The Morgan fingerprint density at radius 3 is 2.65 bits per heavy atom. The molecule has 0 aromatic carbocycles. The van der Waals surface area contributed by atoms with Crippen molar-refractivity contribution in [1.82, 2.24) is 10.2 Å². The average Bonchev–Trinajstić information content (AvgIpc) is 2.16. The highest BCUT2D eigenvalue weighted by Crippen LogP contribution is 2.02. The van der Waals surface area contributed by atoms with Crippen LogP contribution in [0.25, 0.3) is 0 Å². The average molecular weight is 285 g/mol. The van der Waals surface area contributed by atoms with E-state index in [0.29, 0.717) is 19.5 Å². The Morgan fingerprint density at radius 1 is 1.47 bits per heavy atom. The summed E-state index contributed by atoms with van der Waals surface area (Å²) >= 11 is 0. The highest BCUT2D eigenvalue weighted by molar-refractivity contribution is 7.92. The standard InChI is InChI=1S/C10H20N2O3S.ClH/c1-3-6-16(14,15)8-10(13)12-5-4-11-9(2)7-12;/h9,11H,3-8H2,1-2H3;1H. The number of sulfone groups is 1. The van der Waals surface area contributed by atoms with Crippen molar-refractivity contribution in [3.63, 3.8) is 0 Å². The van der Waals surface area contributed by atoms with Crippen LogP contribution in [-0.4, -0.2) is 56.4 Å². The van der Waals surface area contributed by atoms with Crippen LogP contribution in [0.3, 0.4) is 0 Å². The molecule has 1 unspecified atom stereocenters. The number of hydrogen-bond donors (Lipinski definition) is 1. The van der Waals surface area contributed by atoms with Gasteiger partial charge < -0.3 is 10.2 Å². The number of piperazine rings is 1. The first-order valence-corrected chi connectivity index (χ1v) is 7.48. The second-order valence-electron chi connectivity index (χ2n) is 4.29. The number of amides is 1. The van der Waals surface area contributed by atoms with Gasteiger partial charge in [-0.05, 0) is 13.3 Å². The third kappa shape index (κ3) is 5.70. The Bertz CT molecular complexity index is 345. The summed E-state index contributed by atoms with van der Waals surface area (Å²) in [7, 11) is -3.21. The number of rotatable bonds is 4. The molecule has 1 aliphatic rings. The molecular formula is C10H21ClN2O3S. The van der Waals surface area contributed by atoms with E-state index in [0.717, 1.165) is 6.54 Å². The van der Waals surface area contributed by atoms with Crippen molar-refractivity contribution in [1.29, 1.82) is 0 Å². The van der Waals surface area contributed by atoms with Crippen LogP contribution in [0.15, 0.2) is 0 Å². The highest BCUT2D eigenvalue weighted by atomic mass is 35.5. The minimum absolute atomic E-state index is 0. The molecule has 0 aliphatic carbocycles. The second-order valence-corrected chi connectivity index (χ2v) is 6.47. The van der Waals surface area contributed by atoms with Crippen molar-refractivity contribution < 1.29 is 13.2 Å². The van der Waals surface area contributed by atoms with Crippen LogP contribution < -0.4 is 5.32 Å². The number of nitrogens with one attached hydrogen (secondary N) is 1. The molecule has 1 N–H and O–H groups in total. The lowest BCUT2D eigenvalue weighted by molar-refractivity contribution is -0.129. The molecule has 0 radical (unpaired) electrons. The van der Waals surface area contributed by atoms with E-state index in [9.17, 15) is 13.2 Å². The molecule has 1 atom stereocenters. The van der Waals surface area contributed by atoms with Gasteiger partial charge in [-0.3, -0.25) is 4.79 Å². The molecule has 1 saturated heterocycles. The summed E-state index contributed by atoms with van der Waals surface area (Å²) in [6.45, 7) is 5.72. The van der Waals surface area contributed by atoms with Gasteiger partial charge in [0.15, 0.2) is 9.84 Å². The normalized spacial score (nSPS) is 20.8. The summed E-state index contributed by atoms with van der Waals surface area (Å²) in [5, 5.41) is 3.21. The Kier molecular flexibility index (Phi) is 7.04. The fourth-order valence-corrected chi connectivity index (χ4v) is 3.15. The lowest BCUT2D eigenvalue weighted by Crippen LogP contribution is -2.52. The lowest BCUT2D eigenvalue weighted by atomic mass is 10.2. The Morgan fingerprint density at radius 2 is 2.12 bits per heavy atom. The third-order valence-electron chi connectivity index (χ3n) is 2.58. The topological polar surface area (TPSA) is 66.5 Å². The van der Waals surface area contributed by atoms with Gasteiger partial charge in [-0.2, -0.15) is 0 Å². The van der Waals surface area contributed by atoms with Gasteiger partial charge in [0, 0.05) is 25.7 Å². The van der Waals surface area contributed by atoms with E-state index < -0.39 is 9.84 Å². The molecular weight excluding hydrogens is 264 g/mol. The smallest absolute Gasteiger partial charge is 0.237 e. The maximum atomic E-state index is 11.8. The molecule has 17 heavy (non-hydrogen) atoms. The molecule has 1 rings (SSSR count). The van der Waals surface area contributed by atoms with Gasteiger partial charge in [0.1, 0.15) is 5.75 Å². The summed E-state index contributed by atoms with van der Waals surface area (Å²) in [6.07, 6.45) is 0.563. The zero-order valence-corrected chi connectivity index (χ0v) is 11.9. The summed E-state index contributed by atoms with van der Waals surface area (Å²) in [5.41, 5.74) is 0. The fraction of sp³-hybridized carbons (Fsp3) is 0.900. The van der Waals surface area contributed by atoms with E-state index in [2.05, 4.69) is 5.32 Å². The zero-order chi connectivity index (χ0) is 12.2. The molecule has 1 aliphatic heterocycles. The van der Waals surface area contributed by atoms with Crippen molar-refractivity contribution >= 4 is 28.2 Å². The van der Waals surface area contributed by atoms with Crippen molar-refractivity contribution in [2.45, 2.75) is 26.3 Å². The van der Waals surface area contributed by atoms with Gasteiger partial charge in [-0.1, -0.05) is 6.92 Å². The molecule has 1 fully saturated rings. The van der Waals surface area contributed by atoms with Crippen molar-refractivity contribution in [3.05, 3.63) is 0 Å². The largest absolute Gasteiger partial charge is 0.339 e. The van der Waals surface area contributed by atoms with Gasteiger partial charge in [0.2, 0.25) is 5.91 Å². The number of nitrogens with zero attached hydrogens (tertiary/aromatic N) is 1. The molecule has 7 heteroatoms. The van der Waals surface area contributed by atoms with Crippen molar-refractivity contribution in [3.8, 4) is 0 Å². The van der Waals surface area contributed by atoms with Gasteiger partial charge in [0.25, 0.3) is 0 Å². The molecule has 0 aromatic heterocycles. The Balaban J connectivity index is 0.00000256. The molecule has 0 bridgehead atoms. The van der Waals surface area contributed by atoms with E-state index in [4.69, 9.17) is 0 Å². The van der Waals surface area contributed by atoms with E-state index in [1.807, 2.05) is 6.92 Å². The molecule has 5 nitrogen and oxygen atoms in total. The van der Waals surface area contributed by atoms with Crippen LogP contribution in [0.1, 0.15) is 20.3 Å². The number of carbonyl (C=O) groups is 1. The van der Waals surface area contributed by atoms with Crippen LogP contribution in [-0.2, 0) is 14.6 Å². The van der Waals surface area contributed by atoms with Crippen molar-refractivity contribution in [2.24, 2.45) is 0 Å². The maximum absolute atomic E-state index is 11.8. The van der Waals surface area contributed by atoms with Gasteiger partial charge in [-0.15, -0.1) is 12.4 Å². The summed E-state index contributed by atoms with van der Waals surface area (Å²) in [4.78, 5) is 13.4. The number of carbonyl (C=O) groups excluding carboxylic acids is 1. The first kappa shape index (κ1) is 16.7. The van der Waals surface area contributed by atoms with Crippen LogP contribution in [0.4, 0.5) is 0 Å². The molecule has 102 valence electrons. The van der Waals surface area contributed by atoms with Crippen LogP contribution in [0.2, 0.25) is 0 Å². The molecule has 0 aromatic rings. The van der Waals surface area contributed by atoms with E-state index in [-0.39, 0.29) is 35.9 Å². The fourth-order valence-electron chi connectivity index (χ4n) is 1.82. The monoisotopic (exact) mass is 284 g/mol. The quantitative estimate of drug-likeness (QED) is 0.792. The predicted molar refractivity (Wildman–Crippen MR) is 70.2 cm³/mol. The van der Waals surface area contributed by atoms with E-state index in [1.54, 1.807) is 11.8 Å². The maximum Gasteiger partial charge on any atom is 0.237 e. The minimum atomic E-state index is -3.21. The van der Waals surface area contributed by atoms with Gasteiger partial charge in [0.05, 0.1) is 5.75 Å². The SMILES string of the molecule is CCCS(=O)(=O)CC(=O)N1CCNC(C)C1.Cl. The first-order valence-electron chi connectivity index (χ1n) is 5.66. The molecule has 0 saturated carbocycles. The lowest BCUT2D eigenvalue weighted by Gasteiger charge is -2.31. The van der Waals surface area contributed by atoms with Crippen LogP contribution >= 0.6 is 12.4 Å². The number of halogens is 1. The Labute approximate surface area is 109 Å². The molecule has 1 amide bonds. The number of hydrogen-bond acceptors (Lipinski definition) is 4. The molecule has 0 spiro atoms. The van der Waals surface area contributed by atoms with Gasteiger partial charge >= 0.3 is 0 Å². The van der Waals surface area contributed by atoms with Crippen LogP contribution in [0.5, 0.6) is 0 Å². The van der Waals surface area contributed by atoms with E-state index in [1.165, 1.54) is 0 Å². The Hall–Kier alpha value is -0.330. The summed E-state index contributed by atoms with van der Waals surface area (Å²) in [6, 6.07) is 0.242. The highest BCUT2D eigenvalue weighted by Gasteiger charge is 2.24.